The van der Waals surface area contributed by atoms with Gasteiger partial charge in [0.05, 0.1) is 30.4 Å². The smallest absolute Gasteiger partial charge is 0.274 e. The molecule has 1 fully saturated rings. The highest BCUT2D eigenvalue weighted by molar-refractivity contribution is 7.14. The van der Waals surface area contributed by atoms with Gasteiger partial charge in [0.15, 0.2) is 5.13 Å². The van der Waals surface area contributed by atoms with E-state index in [0.29, 0.717) is 23.4 Å². The molecule has 33 heavy (non-hydrogen) atoms. The van der Waals surface area contributed by atoms with Crippen molar-refractivity contribution in [3.05, 3.63) is 83.2 Å². The zero-order chi connectivity index (χ0) is 22.6. The van der Waals surface area contributed by atoms with Gasteiger partial charge in [-0.3, -0.25) is 10.1 Å². The molecule has 0 bridgehead atoms. The van der Waals surface area contributed by atoms with Crippen LogP contribution in [0.1, 0.15) is 39.9 Å². The van der Waals surface area contributed by atoms with Gasteiger partial charge in [-0.2, -0.15) is 4.39 Å². The lowest BCUT2D eigenvalue weighted by Crippen LogP contribution is -2.17. The van der Waals surface area contributed by atoms with Crippen molar-refractivity contribution in [1.82, 2.24) is 24.1 Å². The van der Waals surface area contributed by atoms with E-state index in [4.69, 9.17) is 4.74 Å². The SMILES string of the molecule is O=C(Nc1nc(/C=C/c2cn(C3CCOC3)cn2)cs1)c1cccn1Cc1ccnc(F)c1. The van der Waals surface area contributed by atoms with Gasteiger partial charge in [0, 0.05) is 37.1 Å². The summed E-state index contributed by atoms with van der Waals surface area (Å²) < 4.78 is 22.6. The molecule has 1 N–H and O–H groups in total. The molecule has 5 heterocycles. The number of thiazole rings is 1. The number of rotatable bonds is 7. The lowest BCUT2D eigenvalue weighted by atomic mass is 10.2. The summed E-state index contributed by atoms with van der Waals surface area (Å²) in [6.07, 6.45) is 11.8. The standard InChI is InChI=1S/C23H21FN6O2S/c24-21-10-16(5-7-25-21)11-29-8-1-2-20(29)22(31)28-23-27-18(14-33-23)4-3-17-12-30(15-26-17)19-6-9-32-13-19/h1-5,7-8,10,12,14-15,19H,6,9,11,13H2,(H,27,28,31)/b4-3+. The Morgan fingerprint density at radius 2 is 2.21 bits per heavy atom. The molecule has 0 saturated carbocycles. The van der Waals surface area contributed by atoms with E-state index < -0.39 is 5.95 Å². The van der Waals surface area contributed by atoms with Crippen molar-refractivity contribution < 1.29 is 13.9 Å². The van der Waals surface area contributed by atoms with Crippen molar-refractivity contribution in [2.45, 2.75) is 19.0 Å². The molecule has 10 heteroatoms. The van der Waals surface area contributed by atoms with Crippen LogP contribution >= 0.6 is 11.3 Å². The van der Waals surface area contributed by atoms with Crippen LogP contribution in [0.4, 0.5) is 9.52 Å². The van der Waals surface area contributed by atoms with Gasteiger partial charge in [0.25, 0.3) is 5.91 Å². The third-order valence-electron chi connectivity index (χ3n) is 5.32. The summed E-state index contributed by atoms with van der Waals surface area (Å²) in [5.74, 6) is -0.828. The molecule has 1 amide bonds. The zero-order valence-electron chi connectivity index (χ0n) is 17.6. The molecule has 0 spiro atoms. The largest absolute Gasteiger partial charge is 0.379 e. The first kappa shape index (κ1) is 21.2. The molecule has 0 aliphatic carbocycles. The van der Waals surface area contributed by atoms with Crippen LogP contribution in [0.15, 0.2) is 54.6 Å². The first-order chi connectivity index (χ1) is 16.1. The van der Waals surface area contributed by atoms with E-state index >= 15 is 0 Å². The summed E-state index contributed by atoms with van der Waals surface area (Å²) in [5.41, 5.74) is 2.75. The van der Waals surface area contributed by atoms with Crippen LogP contribution in [0.5, 0.6) is 0 Å². The average molecular weight is 465 g/mol. The van der Waals surface area contributed by atoms with E-state index in [-0.39, 0.29) is 5.91 Å². The minimum Gasteiger partial charge on any atom is -0.379 e. The number of pyridine rings is 1. The number of nitrogens with one attached hydrogen (secondary N) is 1. The van der Waals surface area contributed by atoms with Gasteiger partial charge >= 0.3 is 0 Å². The second-order valence-corrected chi connectivity index (χ2v) is 8.49. The van der Waals surface area contributed by atoms with Crippen LogP contribution in [0.3, 0.4) is 0 Å². The summed E-state index contributed by atoms with van der Waals surface area (Å²) in [6, 6.07) is 6.91. The number of carbonyl (C=O) groups is 1. The van der Waals surface area contributed by atoms with Crippen molar-refractivity contribution >= 4 is 34.5 Å². The number of hydrogen-bond acceptors (Lipinski definition) is 6. The average Bonchev–Trinajstić information content (AvgIpc) is 3.59. The molecule has 1 saturated heterocycles. The van der Waals surface area contributed by atoms with Gasteiger partial charge in [-0.1, -0.05) is 0 Å². The molecule has 1 atom stereocenters. The maximum absolute atomic E-state index is 13.4. The number of hydrogen-bond donors (Lipinski definition) is 1. The van der Waals surface area contributed by atoms with Gasteiger partial charge in [0.2, 0.25) is 5.95 Å². The fourth-order valence-corrected chi connectivity index (χ4v) is 4.32. The minimum atomic E-state index is -0.548. The highest BCUT2D eigenvalue weighted by atomic mass is 32.1. The topological polar surface area (TPSA) is 86.9 Å². The predicted molar refractivity (Wildman–Crippen MR) is 123 cm³/mol. The van der Waals surface area contributed by atoms with Crippen molar-refractivity contribution in [3.8, 4) is 0 Å². The quantitative estimate of drug-likeness (QED) is 0.416. The Morgan fingerprint density at radius 1 is 1.30 bits per heavy atom. The molecular formula is C23H21FN6O2S. The van der Waals surface area contributed by atoms with Crippen molar-refractivity contribution in [1.29, 1.82) is 0 Å². The second-order valence-electron chi connectivity index (χ2n) is 7.64. The first-order valence-corrected chi connectivity index (χ1v) is 11.3. The van der Waals surface area contributed by atoms with Crippen molar-refractivity contribution in [2.75, 3.05) is 18.5 Å². The highest BCUT2D eigenvalue weighted by Gasteiger charge is 2.17. The van der Waals surface area contributed by atoms with Gasteiger partial charge < -0.3 is 13.9 Å². The van der Waals surface area contributed by atoms with Crippen molar-refractivity contribution in [3.63, 3.8) is 0 Å². The van der Waals surface area contributed by atoms with Crippen LogP contribution in [0.2, 0.25) is 0 Å². The zero-order valence-corrected chi connectivity index (χ0v) is 18.4. The summed E-state index contributed by atoms with van der Waals surface area (Å²) >= 11 is 1.34. The van der Waals surface area contributed by atoms with Gasteiger partial charge in [-0.15, -0.1) is 11.3 Å². The second kappa shape index (κ2) is 9.47. The molecule has 1 aliphatic heterocycles. The van der Waals surface area contributed by atoms with E-state index in [1.165, 1.54) is 23.6 Å². The van der Waals surface area contributed by atoms with E-state index in [1.807, 2.05) is 30.1 Å². The Balaban J connectivity index is 1.22. The normalized spacial score (nSPS) is 16.0. The van der Waals surface area contributed by atoms with E-state index in [2.05, 4.69) is 24.8 Å². The molecule has 0 radical (unpaired) electrons. The maximum atomic E-state index is 13.4. The van der Waals surface area contributed by atoms with Crippen LogP contribution in [0.25, 0.3) is 12.2 Å². The molecule has 4 aromatic heterocycles. The molecule has 5 rings (SSSR count). The van der Waals surface area contributed by atoms with Crippen LogP contribution in [0, 0.1) is 5.95 Å². The highest BCUT2D eigenvalue weighted by Crippen LogP contribution is 2.21. The third kappa shape index (κ3) is 5.07. The molecule has 4 aromatic rings. The summed E-state index contributed by atoms with van der Waals surface area (Å²) in [7, 11) is 0. The number of carbonyl (C=O) groups excluding carboxylic acids is 1. The Morgan fingerprint density at radius 3 is 3.06 bits per heavy atom. The Hall–Kier alpha value is -3.63. The Kier molecular flexibility index (Phi) is 6.09. The van der Waals surface area contributed by atoms with E-state index in [0.717, 1.165) is 36.6 Å². The van der Waals surface area contributed by atoms with E-state index in [1.54, 1.807) is 29.0 Å². The number of amides is 1. The first-order valence-electron chi connectivity index (χ1n) is 10.5. The number of nitrogens with zero attached hydrogens (tertiary/aromatic N) is 5. The number of imidazole rings is 1. The fraction of sp³-hybridized carbons (Fsp3) is 0.217. The maximum Gasteiger partial charge on any atom is 0.274 e. The molecule has 1 aliphatic rings. The van der Waals surface area contributed by atoms with Crippen molar-refractivity contribution in [2.24, 2.45) is 0 Å². The molecule has 168 valence electrons. The molecule has 8 nitrogen and oxygen atoms in total. The summed E-state index contributed by atoms with van der Waals surface area (Å²) in [6.45, 7) is 1.87. The van der Waals surface area contributed by atoms with Gasteiger partial charge in [-0.25, -0.2) is 15.0 Å². The number of anilines is 1. The number of aromatic nitrogens is 5. The van der Waals surface area contributed by atoms with Crippen LogP contribution < -0.4 is 5.32 Å². The molecule has 1 unspecified atom stereocenters. The fourth-order valence-electron chi connectivity index (χ4n) is 3.64. The lowest BCUT2D eigenvalue weighted by molar-refractivity contribution is 0.101. The monoisotopic (exact) mass is 464 g/mol. The van der Waals surface area contributed by atoms with Crippen LogP contribution in [-0.4, -0.2) is 43.2 Å². The Bertz CT molecular complexity index is 1290. The van der Waals surface area contributed by atoms with Crippen LogP contribution in [-0.2, 0) is 11.3 Å². The minimum absolute atomic E-state index is 0.281. The third-order valence-corrected chi connectivity index (χ3v) is 6.10. The molecular weight excluding hydrogens is 443 g/mol. The predicted octanol–water partition coefficient (Wildman–Crippen LogP) is 4.11. The summed E-state index contributed by atoms with van der Waals surface area (Å²) in [5, 5.41) is 5.20. The van der Waals surface area contributed by atoms with Gasteiger partial charge in [-0.05, 0) is 48.4 Å². The number of ether oxygens (including phenoxy) is 1. The summed E-state index contributed by atoms with van der Waals surface area (Å²) in [4.78, 5) is 25.2. The molecule has 0 aromatic carbocycles. The Labute approximate surface area is 193 Å². The van der Waals surface area contributed by atoms with E-state index in [9.17, 15) is 9.18 Å². The lowest BCUT2D eigenvalue weighted by Gasteiger charge is -2.09. The number of halogens is 1. The van der Waals surface area contributed by atoms with Gasteiger partial charge in [0.1, 0.15) is 5.69 Å².